The van der Waals surface area contributed by atoms with Crippen molar-refractivity contribution >= 4 is 81.8 Å². The summed E-state index contributed by atoms with van der Waals surface area (Å²) in [6.45, 7) is 1.64. The molecule has 294 valence electrons. The molecule has 0 spiro atoms. The number of aromatic nitrogens is 4. The Labute approximate surface area is 343 Å². The average molecular weight is 819 g/mol. The standard InChI is InChI=1S/C42H43N7O4.3ClH/c50-41(37(48-42(51)52)23-13-16-53-17-14-23)49-15-1-2-35(49)39-45-33-12-9-28-19-27(8-11-32(28)38(33)47-39)24-3-4-26-20-29(6-5-25(26)18-24)34-22-43-40(46-34)36-30-7-10-31(21-30)44-36;;;/h3-6,8-9,11-12,18-20,22-23,30-31,35-37,44,48H,1-2,7,10,13-17,21H2,(H,43,46)(H,45,47)(H,51,52);3*1H/t30-,31+,35-,36-,37-;;;/m0.../s1. The normalized spacial score (nSPS) is 22.5. The van der Waals surface area contributed by atoms with Crippen molar-refractivity contribution in [1.29, 1.82) is 0 Å². The molecule has 1 saturated carbocycles. The number of nitrogens with zero attached hydrogens (tertiary/aromatic N) is 3. The summed E-state index contributed by atoms with van der Waals surface area (Å²) in [6, 6.07) is 23.9. The van der Waals surface area contributed by atoms with Crippen LogP contribution in [0, 0.1) is 11.8 Å². The van der Waals surface area contributed by atoms with E-state index in [1.165, 1.54) is 30.0 Å². The number of rotatable bonds is 7. The summed E-state index contributed by atoms with van der Waals surface area (Å²) in [7, 11) is 0. The first kappa shape index (κ1) is 39.8. The molecule has 6 aromatic rings. The Hall–Kier alpha value is -4.39. The highest BCUT2D eigenvalue weighted by Crippen LogP contribution is 2.43. The molecular weight excluding hydrogens is 773 g/mol. The molecule has 1 aliphatic carbocycles. The first-order valence-corrected chi connectivity index (χ1v) is 19.1. The number of imidazole rings is 2. The summed E-state index contributed by atoms with van der Waals surface area (Å²) in [5.41, 5.74) is 6.27. The molecule has 5 N–H and O–H groups in total. The number of hydrogen-bond acceptors (Lipinski definition) is 6. The van der Waals surface area contributed by atoms with Crippen LogP contribution in [0.4, 0.5) is 4.79 Å². The number of nitrogens with one attached hydrogen (secondary N) is 4. The number of piperidine rings is 1. The molecule has 5 atom stereocenters. The Bertz CT molecular complexity index is 2390. The third-order valence-electron chi connectivity index (χ3n) is 12.4. The van der Waals surface area contributed by atoms with Crippen molar-refractivity contribution < 1.29 is 19.4 Å². The summed E-state index contributed by atoms with van der Waals surface area (Å²) in [6.07, 6.45) is 7.55. The zero-order valence-electron chi connectivity index (χ0n) is 30.7. The van der Waals surface area contributed by atoms with Crippen LogP contribution in [0.3, 0.4) is 0 Å². The van der Waals surface area contributed by atoms with Crippen LogP contribution in [0.1, 0.15) is 68.7 Å². The van der Waals surface area contributed by atoms with Gasteiger partial charge in [-0.05, 0) is 108 Å². The number of benzene rings is 4. The van der Waals surface area contributed by atoms with E-state index < -0.39 is 12.1 Å². The molecule has 4 aromatic carbocycles. The number of fused-ring (bicyclic) bond motifs is 6. The van der Waals surface area contributed by atoms with E-state index in [1.54, 1.807) is 0 Å². The predicted octanol–water partition coefficient (Wildman–Crippen LogP) is 8.73. The largest absolute Gasteiger partial charge is 0.465 e. The van der Waals surface area contributed by atoms with Crippen molar-refractivity contribution in [3.8, 4) is 22.4 Å². The number of carbonyl (C=O) groups excluding carboxylic acids is 1. The molecule has 4 fully saturated rings. The molecule has 0 radical (unpaired) electrons. The van der Waals surface area contributed by atoms with Crippen molar-refractivity contribution in [3.05, 3.63) is 84.6 Å². The number of carbonyl (C=O) groups is 2. The molecule has 56 heavy (non-hydrogen) atoms. The third kappa shape index (κ3) is 7.20. The quantitative estimate of drug-likeness (QED) is 0.108. The van der Waals surface area contributed by atoms with Gasteiger partial charge >= 0.3 is 6.09 Å². The van der Waals surface area contributed by atoms with E-state index in [0.717, 1.165) is 68.7 Å². The first-order chi connectivity index (χ1) is 25.9. The number of hydrogen-bond donors (Lipinski definition) is 5. The van der Waals surface area contributed by atoms with Crippen molar-refractivity contribution in [2.24, 2.45) is 11.8 Å². The summed E-state index contributed by atoms with van der Waals surface area (Å²) in [5, 5.41) is 20.4. The van der Waals surface area contributed by atoms with Crippen LogP contribution >= 0.6 is 37.2 Å². The predicted molar refractivity (Wildman–Crippen MR) is 225 cm³/mol. The number of halogens is 3. The van der Waals surface area contributed by atoms with Crippen molar-refractivity contribution in [3.63, 3.8) is 0 Å². The zero-order chi connectivity index (χ0) is 35.6. The van der Waals surface area contributed by atoms with E-state index in [9.17, 15) is 14.7 Å². The lowest BCUT2D eigenvalue weighted by Crippen LogP contribution is -2.52. The topological polar surface area (TPSA) is 148 Å². The van der Waals surface area contributed by atoms with E-state index in [-0.39, 0.29) is 55.1 Å². The van der Waals surface area contributed by atoms with Crippen LogP contribution < -0.4 is 10.6 Å². The van der Waals surface area contributed by atoms with Gasteiger partial charge in [-0.15, -0.1) is 37.2 Å². The van der Waals surface area contributed by atoms with Gasteiger partial charge in [0.05, 0.1) is 35.0 Å². The van der Waals surface area contributed by atoms with Gasteiger partial charge in [-0.25, -0.2) is 14.8 Å². The molecule has 4 aliphatic rings. The van der Waals surface area contributed by atoms with Crippen LogP contribution in [0.5, 0.6) is 0 Å². The van der Waals surface area contributed by atoms with Gasteiger partial charge in [-0.1, -0.05) is 42.5 Å². The second-order valence-corrected chi connectivity index (χ2v) is 15.5. The number of likely N-dealkylation sites (tertiary alicyclic amines) is 1. The van der Waals surface area contributed by atoms with Crippen LogP contribution in [0.2, 0.25) is 0 Å². The van der Waals surface area contributed by atoms with Gasteiger partial charge in [0.1, 0.15) is 17.7 Å². The summed E-state index contributed by atoms with van der Waals surface area (Å²) in [5.74, 6) is 2.22. The van der Waals surface area contributed by atoms with Gasteiger partial charge in [-0.2, -0.15) is 0 Å². The summed E-state index contributed by atoms with van der Waals surface area (Å²) >= 11 is 0. The minimum atomic E-state index is -1.18. The second kappa shape index (κ2) is 16.2. The van der Waals surface area contributed by atoms with E-state index in [2.05, 4.69) is 81.3 Å². The van der Waals surface area contributed by atoms with E-state index in [4.69, 9.17) is 14.7 Å². The number of amides is 2. The third-order valence-corrected chi connectivity index (χ3v) is 12.4. The van der Waals surface area contributed by atoms with E-state index in [0.29, 0.717) is 50.6 Å². The maximum Gasteiger partial charge on any atom is 0.405 e. The van der Waals surface area contributed by atoms with Crippen LogP contribution in [-0.4, -0.2) is 73.8 Å². The average Bonchev–Trinajstić information content (AvgIpc) is 4.04. The highest BCUT2D eigenvalue weighted by molar-refractivity contribution is 6.05. The minimum absolute atomic E-state index is 0. The molecule has 2 aromatic heterocycles. The highest BCUT2D eigenvalue weighted by atomic mass is 35.5. The molecule has 5 heterocycles. The lowest BCUT2D eigenvalue weighted by molar-refractivity contribution is -0.136. The molecule has 14 heteroatoms. The monoisotopic (exact) mass is 817 g/mol. The highest BCUT2D eigenvalue weighted by Gasteiger charge is 2.42. The fourth-order valence-corrected chi connectivity index (χ4v) is 9.62. The van der Waals surface area contributed by atoms with Gasteiger partial charge < -0.3 is 35.3 Å². The SMILES string of the molecule is Cl.Cl.Cl.O=C(O)N[C@H](C(=O)N1CCC[C@H]1c1nc2ccc3cc(-c4ccc5cc(-c6cnc([C@H]7N[C@@H]8CC[C@H]7C8)[nH]6)ccc5c4)ccc3c2[nH]1)C1CCOCC1. The van der Waals surface area contributed by atoms with Crippen LogP contribution in [-0.2, 0) is 9.53 Å². The van der Waals surface area contributed by atoms with Crippen LogP contribution in [0.25, 0.3) is 55.0 Å². The molecule has 11 nitrogen and oxygen atoms in total. The lowest BCUT2D eigenvalue weighted by Gasteiger charge is -2.33. The number of ether oxygens (including phenoxy) is 1. The van der Waals surface area contributed by atoms with Gasteiger partial charge in [0.15, 0.2) is 0 Å². The summed E-state index contributed by atoms with van der Waals surface area (Å²) < 4.78 is 5.49. The molecular formula is C42H46Cl3N7O4. The Balaban J connectivity index is 0.00000160. The number of H-pyrrole nitrogens is 2. The number of carboxylic acid groups (broad SMARTS) is 1. The Morgan fingerprint density at radius 3 is 2.27 bits per heavy atom. The molecule has 3 aliphatic heterocycles. The zero-order valence-corrected chi connectivity index (χ0v) is 33.2. The Morgan fingerprint density at radius 2 is 1.54 bits per heavy atom. The summed E-state index contributed by atoms with van der Waals surface area (Å²) in [4.78, 5) is 44.4. The maximum atomic E-state index is 13.9. The first-order valence-electron chi connectivity index (χ1n) is 19.1. The van der Waals surface area contributed by atoms with Crippen LogP contribution in [0.15, 0.2) is 72.9 Å². The van der Waals surface area contributed by atoms with E-state index >= 15 is 0 Å². The van der Waals surface area contributed by atoms with Gasteiger partial charge in [0.25, 0.3) is 0 Å². The fraction of sp³-hybridized carbons (Fsp3) is 0.381. The van der Waals surface area contributed by atoms with Gasteiger partial charge in [-0.3, -0.25) is 4.79 Å². The Kier molecular flexibility index (Phi) is 11.5. The van der Waals surface area contributed by atoms with Crippen molar-refractivity contribution in [2.75, 3.05) is 19.8 Å². The fourth-order valence-electron chi connectivity index (χ4n) is 9.62. The Morgan fingerprint density at radius 1 is 0.821 bits per heavy atom. The van der Waals surface area contributed by atoms with Gasteiger partial charge in [0.2, 0.25) is 5.91 Å². The minimum Gasteiger partial charge on any atom is -0.465 e. The van der Waals surface area contributed by atoms with Crippen molar-refractivity contribution in [1.82, 2.24) is 35.5 Å². The van der Waals surface area contributed by atoms with Crippen molar-refractivity contribution in [2.45, 2.75) is 69.1 Å². The van der Waals surface area contributed by atoms with E-state index in [1.807, 2.05) is 17.2 Å². The molecule has 3 saturated heterocycles. The van der Waals surface area contributed by atoms with Gasteiger partial charge in [0, 0.05) is 36.8 Å². The molecule has 10 rings (SSSR count). The number of aromatic amines is 2. The molecule has 2 bridgehead atoms. The molecule has 2 amide bonds. The second-order valence-electron chi connectivity index (χ2n) is 15.5. The smallest absolute Gasteiger partial charge is 0.405 e. The lowest BCUT2D eigenvalue weighted by atomic mass is 9.90. The molecule has 0 unspecified atom stereocenters. The maximum absolute atomic E-state index is 13.9.